The lowest BCUT2D eigenvalue weighted by molar-refractivity contribution is 0.0974. The van der Waals surface area contributed by atoms with Crippen molar-refractivity contribution in [2.45, 2.75) is 12.3 Å². The van der Waals surface area contributed by atoms with Crippen LogP contribution in [-0.2, 0) is 6.42 Å². The number of hydrogen-bond donors (Lipinski definition) is 1. The van der Waals surface area contributed by atoms with Crippen molar-refractivity contribution in [3.8, 4) is 5.75 Å². The van der Waals surface area contributed by atoms with Crippen molar-refractivity contribution in [3.05, 3.63) is 49.6 Å². The van der Waals surface area contributed by atoms with E-state index >= 15 is 0 Å². The van der Waals surface area contributed by atoms with Crippen LogP contribution in [0.15, 0.2) is 23.6 Å². The average molecular weight is 299 g/mol. The molecule has 0 radical (unpaired) electrons. The Kier molecular flexibility index (Phi) is 2.85. The minimum atomic E-state index is -0.199. The Morgan fingerprint density at radius 3 is 2.78 bits per heavy atom. The second-order valence-corrected chi connectivity index (χ2v) is 5.93. The number of halogens is 2. The summed E-state index contributed by atoms with van der Waals surface area (Å²) in [6.45, 7) is 0. The number of rotatable bonds is 1. The first-order chi connectivity index (χ1) is 8.59. The number of phenols is 1. The highest BCUT2D eigenvalue weighted by molar-refractivity contribution is 7.10. The molecule has 1 aliphatic carbocycles. The van der Waals surface area contributed by atoms with Gasteiger partial charge in [0.2, 0.25) is 0 Å². The lowest BCUT2D eigenvalue weighted by Gasteiger charge is -2.05. The molecule has 0 aliphatic heterocycles. The number of Topliss-reactive ketones (excluding diaryl/α,β-unsaturated/α-hetero) is 1. The maximum Gasteiger partial charge on any atom is 0.173 e. The highest BCUT2D eigenvalue weighted by Crippen LogP contribution is 2.44. The fraction of sp³-hybridized carbons (Fsp3) is 0.154. The Morgan fingerprint density at radius 1 is 1.33 bits per heavy atom. The van der Waals surface area contributed by atoms with Gasteiger partial charge in [-0.2, -0.15) is 0 Å². The van der Waals surface area contributed by atoms with Crippen molar-refractivity contribution in [1.29, 1.82) is 0 Å². The number of phenolic OH excluding ortho intramolecular Hbond substituents is 1. The highest BCUT2D eigenvalue weighted by atomic mass is 35.5. The second kappa shape index (κ2) is 4.26. The molecule has 1 aliphatic rings. The van der Waals surface area contributed by atoms with Gasteiger partial charge in [0.1, 0.15) is 10.8 Å². The SMILES string of the molecule is O=C1c2c(cc(O)c(Cl)c2Cl)CC1c1cccs1. The molecule has 0 saturated heterocycles. The molecular weight excluding hydrogens is 291 g/mol. The summed E-state index contributed by atoms with van der Waals surface area (Å²) < 4.78 is 0. The molecule has 1 atom stereocenters. The highest BCUT2D eigenvalue weighted by Gasteiger charge is 2.35. The van der Waals surface area contributed by atoms with Crippen molar-refractivity contribution >= 4 is 40.3 Å². The van der Waals surface area contributed by atoms with Gasteiger partial charge in [0.15, 0.2) is 5.78 Å². The summed E-state index contributed by atoms with van der Waals surface area (Å²) in [6.07, 6.45) is 0.569. The third-order valence-corrected chi connectivity index (χ3v) is 4.99. The molecule has 0 saturated carbocycles. The molecule has 1 N–H and O–H groups in total. The van der Waals surface area contributed by atoms with Crippen LogP contribution in [0.3, 0.4) is 0 Å². The van der Waals surface area contributed by atoms with E-state index in [4.69, 9.17) is 23.2 Å². The summed E-state index contributed by atoms with van der Waals surface area (Å²) in [6, 6.07) is 5.39. The van der Waals surface area contributed by atoms with Gasteiger partial charge >= 0.3 is 0 Å². The quantitative estimate of drug-likeness (QED) is 0.853. The van der Waals surface area contributed by atoms with Crippen LogP contribution in [0.25, 0.3) is 0 Å². The van der Waals surface area contributed by atoms with Crippen molar-refractivity contribution < 1.29 is 9.90 Å². The maximum absolute atomic E-state index is 12.4. The van der Waals surface area contributed by atoms with Gasteiger partial charge in [0.05, 0.1) is 10.9 Å². The van der Waals surface area contributed by atoms with Crippen molar-refractivity contribution in [2.75, 3.05) is 0 Å². The fourth-order valence-corrected chi connectivity index (χ4v) is 3.58. The third-order valence-electron chi connectivity index (χ3n) is 3.14. The summed E-state index contributed by atoms with van der Waals surface area (Å²) in [5.74, 6) is -0.283. The molecule has 92 valence electrons. The number of aromatic hydroxyl groups is 1. The van der Waals surface area contributed by atoms with E-state index in [0.717, 1.165) is 10.4 Å². The number of thiophene rings is 1. The Bertz CT molecular complexity index is 635. The molecule has 18 heavy (non-hydrogen) atoms. The normalized spacial score (nSPS) is 18.1. The minimum Gasteiger partial charge on any atom is -0.506 e. The van der Waals surface area contributed by atoms with Gasteiger partial charge in [-0.05, 0) is 29.5 Å². The molecule has 1 aromatic heterocycles. The molecule has 0 amide bonds. The molecule has 1 unspecified atom stereocenters. The Labute approximate surface area is 118 Å². The lowest BCUT2D eigenvalue weighted by Crippen LogP contribution is -2.05. The van der Waals surface area contributed by atoms with Crippen molar-refractivity contribution in [2.24, 2.45) is 0 Å². The molecule has 1 aromatic carbocycles. The monoisotopic (exact) mass is 298 g/mol. The van der Waals surface area contributed by atoms with E-state index in [2.05, 4.69) is 0 Å². The minimum absolute atomic E-state index is 0.0145. The summed E-state index contributed by atoms with van der Waals surface area (Å²) in [4.78, 5) is 13.4. The molecule has 5 heteroatoms. The van der Waals surface area contributed by atoms with E-state index in [1.54, 1.807) is 11.3 Å². The predicted octanol–water partition coefficient (Wildman–Crippen LogP) is 4.28. The van der Waals surface area contributed by atoms with E-state index in [-0.39, 0.29) is 27.5 Å². The molecule has 2 nitrogen and oxygen atoms in total. The van der Waals surface area contributed by atoms with Gasteiger partial charge in [-0.1, -0.05) is 29.3 Å². The van der Waals surface area contributed by atoms with E-state index in [9.17, 15) is 9.90 Å². The number of hydrogen-bond acceptors (Lipinski definition) is 3. The number of benzene rings is 1. The van der Waals surface area contributed by atoms with Gasteiger partial charge in [0.25, 0.3) is 0 Å². The molecule has 0 bridgehead atoms. The Morgan fingerprint density at radius 2 is 2.11 bits per heavy atom. The Balaban J connectivity index is 2.13. The van der Waals surface area contributed by atoms with Gasteiger partial charge in [0, 0.05) is 10.4 Å². The van der Waals surface area contributed by atoms with Gasteiger partial charge in [-0.15, -0.1) is 11.3 Å². The maximum atomic E-state index is 12.4. The second-order valence-electron chi connectivity index (χ2n) is 4.19. The van der Waals surface area contributed by atoms with E-state index in [0.29, 0.717) is 12.0 Å². The van der Waals surface area contributed by atoms with Crippen LogP contribution < -0.4 is 0 Å². The molecular formula is C13H8Cl2O2S. The first-order valence-corrected chi connectivity index (χ1v) is 7.00. The number of carbonyl (C=O) groups excluding carboxylic acids is 1. The summed E-state index contributed by atoms with van der Waals surface area (Å²) >= 11 is 13.5. The first-order valence-electron chi connectivity index (χ1n) is 5.37. The molecule has 0 spiro atoms. The lowest BCUT2D eigenvalue weighted by atomic mass is 10.0. The van der Waals surface area contributed by atoms with Crippen LogP contribution in [0, 0.1) is 0 Å². The Hall–Kier alpha value is -1.03. The average Bonchev–Trinajstić information content (AvgIpc) is 2.94. The van der Waals surface area contributed by atoms with Crippen LogP contribution in [0.2, 0.25) is 10.0 Å². The molecule has 2 aromatic rings. The van der Waals surface area contributed by atoms with E-state index in [1.165, 1.54) is 6.07 Å². The van der Waals surface area contributed by atoms with Gasteiger partial charge < -0.3 is 5.11 Å². The largest absolute Gasteiger partial charge is 0.506 e. The zero-order valence-electron chi connectivity index (χ0n) is 9.11. The summed E-state index contributed by atoms with van der Waals surface area (Å²) in [7, 11) is 0. The van der Waals surface area contributed by atoms with Crippen molar-refractivity contribution in [3.63, 3.8) is 0 Å². The number of ketones is 1. The summed E-state index contributed by atoms with van der Waals surface area (Å²) in [5.41, 5.74) is 1.23. The van der Waals surface area contributed by atoms with Crippen LogP contribution >= 0.6 is 34.5 Å². The van der Waals surface area contributed by atoms with E-state index in [1.807, 2.05) is 17.5 Å². The molecule has 0 fully saturated rings. The van der Waals surface area contributed by atoms with Crippen LogP contribution in [0.1, 0.15) is 26.7 Å². The predicted molar refractivity (Wildman–Crippen MR) is 73.2 cm³/mol. The van der Waals surface area contributed by atoms with E-state index < -0.39 is 0 Å². The summed E-state index contributed by atoms with van der Waals surface area (Å²) in [5, 5.41) is 11.8. The van der Waals surface area contributed by atoms with Crippen LogP contribution in [-0.4, -0.2) is 10.9 Å². The first kappa shape index (κ1) is 12.0. The third kappa shape index (κ3) is 1.66. The van der Waals surface area contributed by atoms with Crippen LogP contribution in [0.5, 0.6) is 5.75 Å². The number of carbonyl (C=O) groups is 1. The molecule has 1 heterocycles. The molecule has 3 rings (SSSR count). The van der Waals surface area contributed by atoms with Crippen LogP contribution in [0.4, 0.5) is 0 Å². The number of fused-ring (bicyclic) bond motifs is 1. The topological polar surface area (TPSA) is 37.3 Å². The van der Waals surface area contributed by atoms with Crippen molar-refractivity contribution in [1.82, 2.24) is 0 Å². The van der Waals surface area contributed by atoms with Gasteiger partial charge in [-0.3, -0.25) is 4.79 Å². The zero-order valence-corrected chi connectivity index (χ0v) is 11.4. The fourth-order valence-electron chi connectivity index (χ4n) is 2.30. The smallest absolute Gasteiger partial charge is 0.173 e. The standard InChI is InChI=1S/C13H8Cl2O2S/c14-11-8(16)5-6-4-7(9-2-1-3-18-9)13(17)10(6)12(11)15/h1-3,5,7,16H,4H2. The zero-order chi connectivity index (χ0) is 12.9. The van der Waals surface area contributed by atoms with Gasteiger partial charge in [-0.25, -0.2) is 0 Å².